The van der Waals surface area contributed by atoms with Crippen molar-refractivity contribution in [1.29, 1.82) is 0 Å². The van der Waals surface area contributed by atoms with Gasteiger partial charge in [0.05, 0.1) is 5.56 Å². The fraction of sp³-hybridized carbons (Fsp3) is 0.100. The molecule has 92 valence electrons. The summed E-state index contributed by atoms with van der Waals surface area (Å²) in [4.78, 5) is 30.5. The predicted molar refractivity (Wildman–Crippen MR) is 63.8 cm³/mol. The minimum Gasteiger partial charge on any atom is -0.478 e. The number of hydrogen-bond donors (Lipinski definition) is 2. The minimum absolute atomic E-state index is 0.155. The van der Waals surface area contributed by atoms with Crippen LogP contribution in [0.2, 0.25) is 0 Å². The van der Waals surface area contributed by atoms with E-state index in [4.69, 9.17) is 5.11 Å². The number of pyridine rings is 1. The molecule has 0 atom stereocenters. The third-order valence-electron chi connectivity index (χ3n) is 2.00. The quantitative estimate of drug-likeness (QED) is 0.862. The average molecular weight is 264 g/mol. The zero-order valence-electron chi connectivity index (χ0n) is 9.25. The summed E-state index contributed by atoms with van der Waals surface area (Å²) < 4.78 is 3.90. The molecule has 0 aliphatic rings. The van der Waals surface area contributed by atoms with Gasteiger partial charge in [0, 0.05) is 17.7 Å². The van der Waals surface area contributed by atoms with Crippen LogP contribution in [0, 0.1) is 6.92 Å². The predicted octanol–water partition coefficient (Wildman–Crippen LogP) is 1.19. The molecule has 0 aromatic carbocycles. The molecule has 0 unspecified atom stereocenters. The summed E-state index contributed by atoms with van der Waals surface area (Å²) in [7, 11) is 0. The Morgan fingerprint density at radius 1 is 1.44 bits per heavy atom. The summed E-state index contributed by atoms with van der Waals surface area (Å²) in [5.74, 6) is -1.29. The lowest BCUT2D eigenvalue weighted by molar-refractivity contribution is 0.0691. The van der Waals surface area contributed by atoms with Crippen LogP contribution in [0.1, 0.15) is 26.7 Å². The van der Waals surface area contributed by atoms with Gasteiger partial charge in [-0.25, -0.2) is 9.78 Å². The molecule has 0 aliphatic carbocycles. The lowest BCUT2D eigenvalue weighted by atomic mass is 10.2. The van der Waals surface area contributed by atoms with Gasteiger partial charge >= 0.3 is 5.97 Å². The Morgan fingerprint density at radius 2 is 2.22 bits per heavy atom. The lowest BCUT2D eigenvalue weighted by Crippen LogP contribution is -2.18. The first-order valence-corrected chi connectivity index (χ1v) is 5.65. The molecule has 2 aromatic heterocycles. The van der Waals surface area contributed by atoms with Gasteiger partial charge < -0.3 is 5.11 Å². The van der Waals surface area contributed by atoms with E-state index in [1.807, 2.05) is 0 Å². The molecule has 1 amide bonds. The first kappa shape index (κ1) is 12.1. The highest BCUT2D eigenvalue weighted by Crippen LogP contribution is 2.13. The van der Waals surface area contributed by atoms with E-state index < -0.39 is 11.9 Å². The average Bonchev–Trinajstić information content (AvgIpc) is 2.74. The Morgan fingerprint density at radius 3 is 2.83 bits per heavy atom. The molecular formula is C10H8N4O3S. The van der Waals surface area contributed by atoms with E-state index in [1.54, 1.807) is 6.92 Å². The number of amides is 1. The van der Waals surface area contributed by atoms with Crippen LogP contribution in [-0.4, -0.2) is 31.3 Å². The van der Waals surface area contributed by atoms with E-state index in [-0.39, 0.29) is 11.3 Å². The Bertz CT molecular complexity index is 611. The fourth-order valence-corrected chi connectivity index (χ4v) is 1.83. The topological polar surface area (TPSA) is 105 Å². The molecule has 0 fully saturated rings. The number of anilines is 1. The van der Waals surface area contributed by atoms with Crippen LogP contribution in [0.5, 0.6) is 0 Å². The third-order valence-corrected chi connectivity index (χ3v) is 2.72. The van der Waals surface area contributed by atoms with E-state index in [2.05, 4.69) is 19.7 Å². The Hall–Kier alpha value is -2.35. The van der Waals surface area contributed by atoms with Crippen molar-refractivity contribution in [2.24, 2.45) is 0 Å². The number of aromatic carboxylic acids is 1. The smallest absolute Gasteiger partial charge is 0.338 e. The monoisotopic (exact) mass is 264 g/mol. The summed E-state index contributed by atoms with van der Waals surface area (Å²) in [6.45, 7) is 1.69. The second-order valence-corrected chi connectivity index (χ2v) is 4.06. The molecule has 0 bridgehead atoms. The number of carbonyl (C=O) groups is 2. The van der Waals surface area contributed by atoms with Crippen LogP contribution >= 0.6 is 11.5 Å². The largest absolute Gasteiger partial charge is 0.478 e. The molecule has 0 saturated carbocycles. The summed E-state index contributed by atoms with van der Waals surface area (Å²) in [5, 5.41) is 11.7. The van der Waals surface area contributed by atoms with Crippen LogP contribution in [0.15, 0.2) is 18.3 Å². The molecule has 2 N–H and O–H groups in total. The number of aromatic nitrogens is 3. The molecule has 2 rings (SSSR count). The molecule has 0 radical (unpaired) electrons. The summed E-state index contributed by atoms with van der Waals surface area (Å²) >= 11 is 1.02. The van der Waals surface area contributed by atoms with E-state index in [1.165, 1.54) is 18.3 Å². The van der Waals surface area contributed by atoms with E-state index in [0.29, 0.717) is 11.0 Å². The zero-order valence-corrected chi connectivity index (χ0v) is 10.1. The number of carboxylic acids is 1. The second kappa shape index (κ2) is 4.88. The van der Waals surface area contributed by atoms with Gasteiger partial charge in [-0.15, -0.1) is 0 Å². The number of carboxylic acid groups (broad SMARTS) is 1. The van der Waals surface area contributed by atoms with Gasteiger partial charge in [0.1, 0.15) is 11.5 Å². The minimum atomic E-state index is -1.21. The number of hydrogen-bond acceptors (Lipinski definition) is 6. The van der Waals surface area contributed by atoms with Gasteiger partial charge in [-0.05, 0) is 19.1 Å². The van der Waals surface area contributed by atoms with Crippen molar-refractivity contribution in [2.45, 2.75) is 6.92 Å². The maximum Gasteiger partial charge on any atom is 0.338 e. The molecular weight excluding hydrogens is 256 g/mol. The van der Waals surface area contributed by atoms with E-state index in [9.17, 15) is 9.59 Å². The van der Waals surface area contributed by atoms with Crippen LogP contribution in [-0.2, 0) is 0 Å². The van der Waals surface area contributed by atoms with Crippen molar-refractivity contribution in [1.82, 2.24) is 14.3 Å². The number of nitrogens with one attached hydrogen (secondary N) is 1. The maximum atomic E-state index is 11.9. The van der Waals surface area contributed by atoms with Gasteiger partial charge in [0.2, 0.25) is 5.13 Å². The number of carbonyl (C=O) groups excluding carboxylic acids is 1. The standard InChI is InChI=1S/C10H8N4O3S/c1-5-12-10(18-14-5)13-8(15)7-6(9(16)17)3-2-4-11-7/h2-4H,1H3,(H,16,17)(H,12,13,14,15). The third kappa shape index (κ3) is 2.48. The highest BCUT2D eigenvalue weighted by Gasteiger charge is 2.18. The second-order valence-electron chi connectivity index (χ2n) is 3.31. The fourth-order valence-electron chi connectivity index (χ4n) is 1.26. The van der Waals surface area contributed by atoms with Crippen LogP contribution in [0.3, 0.4) is 0 Å². The SMILES string of the molecule is Cc1nsc(NC(=O)c2ncccc2C(=O)O)n1. The van der Waals surface area contributed by atoms with Gasteiger partial charge in [0.25, 0.3) is 5.91 Å². The van der Waals surface area contributed by atoms with Crippen LogP contribution in [0.25, 0.3) is 0 Å². The van der Waals surface area contributed by atoms with Crippen molar-refractivity contribution in [3.8, 4) is 0 Å². The Labute approximate surface area is 106 Å². The molecule has 18 heavy (non-hydrogen) atoms. The molecule has 0 spiro atoms. The van der Waals surface area contributed by atoms with Gasteiger partial charge in [-0.1, -0.05) is 0 Å². The van der Waals surface area contributed by atoms with Crippen molar-refractivity contribution < 1.29 is 14.7 Å². The highest BCUT2D eigenvalue weighted by molar-refractivity contribution is 7.09. The normalized spacial score (nSPS) is 10.1. The molecule has 2 heterocycles. The van der Waals surface area contributed by atoms with Gasteiger partial charge in [-0.2, -0.15) is 4.37 Å². The number of nitrogens with zero attached hydrogens (tertiary/aromatic N) is 3. The zero-order chi connectivity index (χ0) is 13.1. The van der Waals surface area contributed by atoms with Crippen LogP contribution < -0.4 is 5.32 Å². The van der Waals surface area contributed by atoms with Crippen molar-refractivity contribution in [3.63, 3.8) is 0 Å². The lowest BCUT2D eigenvalue weighted by Gasteiger charge is -2.03. The number of aryl methyl sites for hydroxylation is 1. The highest BCUT2D eigenvalue weighted by atomic mass is 32.1. The Kier molecular flexibility index (Phi) is 3.28. The van der Waals surface area contributed by atoms with Gasteiger partial charge in [0.15, 0.2) is 0 Å². The molecule has 0 saturated heterocycles. The summed E-state index contributed by atoms with van der Waals surface area (Å²) in [5.41, 5.74) is -0.311. The van der Waals surface area contributed by atoms with Crippen molar-refractivity contribution in [3.05, 3.63) is 35.4 Å². The van der Waals surface area contributed by atoms with E-state index in [0.717, 1.165) is 11.5 Å². The molecule has 7 nitrogen and oxygen atoms in total. The summed E-state index contributed by atoms with van der Waals surface area (Å²) in [6.07, 6.45) is 1.35. The first-order chi connectivity index (χ1) is 8.58. The van der Waals surface area contributed by atoms with Gasteiger partial charge in [-0.3, -0.25) is 15.1 Å². The van der Waals surface area contributed by atoms with Crippen molar-refractivity contribution in [2.75, 3.05) is 5.32 Å². The molecule has 2 aromatic rings. The molecule has 8 heteroatoms. The Balaban J connectivity index is 2.26. The maximum absolute atomic E-state index is 11.9. The van der Waals surface area contributed by atoms with Crippen molar-refractivity contribution >= 4 is 28.5 Å². The first-order valence-electron chi connectivity index (χ1n) is 4.88. The molecule has 0 aliphatic heterocycles. The number of rotatable bonds is 3. The van der Waals surface area contributed by atoms with Crippen LogP contribution in [0.4, 0.5) is 5.13 Å². The van der Waals surface area contributed by atoms with E-state index >= 15 is 0 Å². The summed E-state index contributed by atoms with van der Waals surface area (Å²) in [6, 6.07) is 2.77.